The van der Waals surface area contributed by atoms with Crippen LogP contribution in [-0.2, 0) is 28.4 Å². The van der Waals surface area contributed by atoms with Crippen LogP contribution in [0, 0.1) is 0 Å². The van der Waals surface area contributed by atoms with Crippen molar-refractivity contribution in [3.05, 3.63) is 156 Å². The zero-order chi connectivity index (χ0) is 33.7. The molecule has 2 unspecified atom stereocenters. The van der Waals surface area contributed by atoms with Crippen LogP contribution in [0.25, 0.3) is 0 Å². The average Bonchev–Trinajstić information content (AvgIpc) is 3.14. The zero-order valence-corrected chi connectivity index (χ0v) is 25.9. The molecular weight excluding hydrogens is 616 g/mol. The fraction of sp³-hybridized carbons (Fsp3) is 0.211. The van der Waals surface area contributed by atoms with Gasteiger partial charge in [-0.1, -0.05) is 78.9 Å². The Kier molecular flexibility index (Phi) is 11.8. The second-order valence-electron chi connectivity index (χ2n) is 10.7. The normalized spacial score (nSPS) is 20.1. The van der Waals surface area contributed by atoms with Crippen molar-refractivity contribution in [1.82, 2.24) is 0 Å². The summed E-state index contributed by atoms with van der Waals surface area (Å²) in [5.41, 5.74) is 0.896. The van der Waals surface area contributed by atoms with E-state index in [0.29, 0.717) is 6.42 Å². The van der Waals surface area contributed by atoms with E-state index in [9.17, 15) is 19.2 Å². The summed E-state index contributed by atoms with van der Waals surface area (Å²) in [7, 11) is 0. The summed E-state index contributed by atoms with van der Waals surface area (Å²) in [6.07, 6.45) is -4.84. The van der Waals surface area contributed by atoms with Crippen molar-refractivity contribution < 1.29 is 47.6 Å². The first-order chi connectivity index (χ1) is 23.4. The van der Waals surface area contributed by atoms with Gasteiger partial charge in [0.25, 0.3) is 0 Å². The van der Waals surface area contributed by atoms with E-state index < -0.39 is 61.2 Å². The Balaban J connectivity index is 1.53. The highest BCUT2D eigenvalue weighted by atomic mass is 16.7. The lowest BCUT2D eigenvalue weighted by Gasteiger charge is -2.44. The predicted molar refractivity (Wildman–Crippen MR) is 173 cm³/mol. The molecule has 0 spiro atoms. The Morgan fingerprint density at radius 1 is 0.562 bits per heavy atom. The lowest BCUT2D eigenvalue weighted by atomic mass is 9.97. The number of benzene rings is 4. The first-order valence-electron chi connectivity index (χ1n) is 15.3. The number of hydrogen-bond acceptors (Lipinski definition) is 10. The van der Waals surface area contributed by atoms with Crippen molar-refractivity contribution >= 4 is 23.9 Å². The van der Waals surface area contributed by atoms with E-state index in [1.54, 1.807) is 127 Å². The van der Waals surface area contributed by atoms with E-state index in [1.165, 1.54) is 0 Å². The SMILES string of the molecule is C=CCCO[C@@H]1OC(COC(=O)c2ccccc2)[C@H](OC(=O)c2ccccc2)[C@H](OC(=O)c2ccccc2)C1OC(=O)c1ccccc1. The highest BCUT2D eigenvalue weighted by Gasteiger charge is 2.53. The minimum absolute atomic E-state index is 0.0951. The van der Waals surface area contributed by atoms with Crippen molar-refractivity contribution in [2.75, 3.05) is 13.2 Å². The van der Waals surface area contributed by atoms with Gasteiger partial charge < -0.3 is 28.4 Å². The van der Waals surface area contributed by atoms with Crippen LogP contribution in [0.3, 0.4) is 0 Å². The molecule has 0 aliphatic carbocycles. The largest absolute Gasteiger partial charge is 0.459 e. The number of esters is 4. The molecule has 1 aliphatic heterocycles. The smallest absolute Gasteiger partial charge is 0.338 e. The predicted octanol–water partition coefficient (Wildman–Crippen LogP) is 5.84. The molecule has 0 amide bonds. The van der Waals surface area contributed by atoms with Crippen LogP contribution in [0.5, 0.6) is 0 Å². The molecule has 4 aromatic rings. The monoisotopic (exact) mass is 650 g/mol. The molecule has 10 heteroatoms. The van der Waals surface area contributed by atoms with Crippen molar-refractivity contribution in [2.24, 2.45) is 0 Å². The van der Waals surface area contributed by atoms with Gasteiger partial charge >= 0.3 is 23.9 Å². The molecule has 10 nitrogen and oxygen atoms in total. The first kappa shape index (κ1) is 33.8. The Morgan fingerprint density at radius 3 is 1.40 bits per heavy atom. The number of ether oxygens (including phenoxy) is 6. The minimum atomic E-state index is -1.47. The number of rotatable bonds is 13. The maximum absolute atomic E-state index is 13.6. The molecule has 5 atom stereocenters. The van der Waals surface area contributed by atoms with Crippen molar-refractivity contribution in [1.29, 1.82) is 0 Å². The molecule has 246 valence electrons. The molecule has 1 aliphatic rings. The Hall–Kier alpha value is -5.58. The van der Waals surface area contributed by atoms with E-state index in [0.717, 1.165) is 0 Å². The lowest BCUT2D eigenvalue weighted by Crippen LogP contribution is -2.63. The van der Waals surface area contributed by atoms with Crippen LogP contribution < -0.4 is 0 Å². The summed E-state index contributed by atoms with van der Waals surface area (Å²) in [5.74, 6) is -2.98. The Labute approximate surface area is 277 Å². The van der Waals surface area contributed by atoms with Gasteiger partial charge in [0.1, 0.15) is 12.7 Å². The highest BCUT2D eigenvalue weighted by molar-refractivity contribution is 5.91. The van der Waals surface area contributed by atoms with Gasteiger partial charge in [-0.15, -0.1) is 6.58 Å². The van der Waals surface area contributed by atoms with E-state index in [1.807, 2.05) is 0 Å². The van der Waals surface area contributed by atoms with Crippen LogP contribution in [0.15, 0.2) is 134 Å². The topological polar surface area (TPSA) is 124 Å². The molecule has 1 heterocycles. The second-order valence-corrected chi connectivity index (χ2v) is 10.7. The molecule has 1 fully saturated rings. The van der Waals surface area contributed by atoms with Gasteiger partial charge in [0.2, 0.25) is 0 Å². The van der Waals surface area contributed by atoms with Crippen molar-refractivity contribution in [3.8, 4) is 0 Å². The third-order valence-corrected chi connectivity index (χ3v) is 7.34. The van der Waals surface area contributed by atoms with Gasteiger partial charge in [-0.2, -0.15) is 0 Å². The minimum Gasteiger partial charge on any atom is -0.459 e. The molecule has 48 heavy (non-hydrogen) atoms. The van der Waals surface area contributed by atoms with Crippen molar-refractivity contribution in [3.63, 3.8) is 0 Å². The fourth-order valence-corrected chi connectivity index (χ4v) is 4.93. The number of carbonyl (C=O) groups excluding carboxylic acids is 4. The van der Waals surface area contributed by atoms with Crippen LogP contribution in [0.4, 0.5) is 0 Å². The highest BCUT2D eigenvalue weighted by Crippen LogP contribution is 2.32. The van der Waals surface area contributed by atoms with Gasteiger partial charge in [0.15, 0.2) is 24.6 Å². The molecule has 0 saturated carbocycles. The number of carbonyl (C=O) groups is 4. The molecule has 0 radical (unpaired) electrons. The van der Waals surface area contributed by atoms with E-state index in [2.05, 4.69) is 6.58 Å². The average molecular weight is 651 g/mol. The maximum atomic E-state index is 13.6. The summed E-state index contributed by atoms with van der Waals surface area (Å²) in [6, 6.07) is 32.8. The standard InChI is InChI=1S/C38H34O10/c1-2-3-24-43-38-33(48-37(42)29-22-14-7-15-23-29)32(47-36(41)28-20-12-6-13-21-28)31(46-35(40)27-18-10-5-11-19-27)30(45-38)25-44-34(39)26-16-8-4-9-17-26/h2,4-23,30-33,38H,1,3,24-25H2/t30?,31-,32-,33?,38+/m0/s1. The first-order valence-corrected chi connectivity index (χ1v) is 15.3. The molecule has 5 rings (SSSR count). The summed E-state index contributed by atoms with van der Waals surface area (Å²) in [4.78, 5) is 53.4. The third kappa shape index (κ3) is 8.81. The van der Waals surface area contributed by atoms with Crippen LogP contribution in [-0.4, -0.2) is 67.8 Å². The van der Waals surface area contributed by atoms with Gasteiger partial charge in [-0.05, 0) is 55.0 Å². The fourth-order valence-electron chi connectivity index (χ4n) is 4.93. The van der Waals surface area contributed by atoms with Crippen LogP contribution in [0.2, 0.25) is 0 Å². The van der Waals surface area contributed by atoms with Gasteiger partial charge in [0.05, 0.1) is 28.9 Å². The van der Waals surface area contributed by atoms with E-state index in [-0.39, 0.29) is 28.9 Å². The summed E-state index contributed by atoms with van der Waals surface area (Å²) < 4.78 is 35.8. The summed E-state index contributed by atoms with van der Waals surface area (Å²) in [6.45, 7) is 3.38. The van der Waals surface area contributed by atoms with Crippen LogP contribution >= 0.6 is 0 Å². The summed E-state index contributed by atoms with van der Waals surface area (Å²) >= 11 is 0. The molecule has 0 bridgehead atoms. The number of hydrogen-bond donors (Lipinski definition) is 0. The zero-order valence-electron chi connectivity index (χ0n) is 25.9. The molecule has 0 N–H and O–H groups in total. The molecule has 0 aromatic heterocycles. The molecular formula is C38H34O10. The molecule has 4 aromatic carbocycles. The van der Waals surface area contributed by atoms with E-state index in [4.69, 9.17) is 28.4 Å². The Bertz CT molecular complexity index is 1660. The Morgan fingerprint density at radius 2 is 0.958 bits per heavy atom. The quantitative estimate of drug-likeness (QED) is 0.0755. The lowest BCUT2D eigenvalue weighted by molar-refractivity contribution is -0.298. The van der Waals surface area contributed by atoms with E-state index >= 15 is 0 Å². The van der Waals surface area contributed by atoms with Gasteiger partial charge in [-0.3, -0.25) is 0 Å². The second kappa shape index (κ2) is 16.8. The maximum Gasteiger partial charge on any atom is 0.338 e. The van der Waals surface area contributed by atoms with Crippen LogP contribution in [0.1, 0.15) is 47.9 Å². The van der Waals surface area contributed by atoms with Crippen molar-refractivity contribution in [2.45, 2.75) is 37.1 Å². The van der Waals surface area contributed by atoms with Gasteiger partial charge in [0, 0.05) is 0 Å². The molecule has 1 saturated heterocycles. The third-order valence-electron chi connectivity index (χ3n) is 7.34. The van der Waals surface area contributed by atoms with Gasteiger partial charge in [-0.25, -0.2) is 19.2 Å². The summed E-state index contributed by atoms with van der Waals surface area (Å²) in [5, 5.41) is 0.